The van der Waals surface area contributed by atoms with Crippen LogP contribution in [-0.4, -0.2) is 52.6 Å². The van der Waals surface area contributed by atoms with Crippen molar-refractivity contribution in [1.29, 1.82) is 0 Å². The molecule has 1 aromatic heterocycles. The third kappa shape index (κ3) is 3.76. The first-order valence-electron chi connectivity index (χ1n) is 6.01. The third-order valence-electron chi connectivity index (χ3n) is 2.91. The summed E-state index contributed by atoms with van der Waals surface area (Å²) in [6.45, 7) is 4.99. The van der Waals surface area contributed by atoms with Crippen LogP contribution >= 0.6 is 0 Å². The highest BCUT2D eigenvalue weighted by Crippen LogP contribution is 2.15. The lowest BCUT2D eigenvalue weighted by Crippen LogP contribution is -2.37. The number of likely N-dealkylation sites (tertiary alicyclic amines) is 1. The van der Waals surface area contributed by atoms with Crippen LogP contribution in [0.3, 0.4) is 0 Å². The van der Waals surface area contributed by atoms with Gasteiger partial charge in [-0.15, -0.1) is 10.2 Å². The molecule has 0 unspecified atom stereocenters. The van der Waals surface area contributed by atoms with Gasteiger partial charge in [-0.3, -0.25) is 4.90 Å². The Bertz CT molecular complexity index is 334. The fourth-order valence-corrected chi connectivity index (χ4v) is 2.05. The summed E-state index contributed by atoms with van der Waals surface area (Å²) in [4.78, 5) is 2.28. The van der Waals surface area contributed by atoms with Gasteiger partial charge in [0.15, 0.2) is 0 Å². The third-order valence-corrected chi connectivity index (χ3v) is 2.91. The maximum absolute atomic E-state index is 8.68. The average molecular weight is 241 g/mol. The van der Waals surface area contributed by atoms with Gasteiger partial charge in [0.2, 0.25) is 11.8 Å². The minimum atomic E-state index is 0.0987. The summed E-state index contributed by atoms with van der Waals surface area (Å²) in [5.41, 5.74) is 0. The normalized spacial score (nSPS) is 18.7. The predicted molar refractivity (Wildman–Crippen MR) is 60.4 cm³/mol. The van der Waals surface area contributed by atoms with Gasteiger partial charge < -0.3 is 14.3 Å². The van der Waals surface area contributed by atoms with E-state index in [4.69, 9.17) is 14.3 Å². The minimum absolute atomic E-state index is 0.0987. The van der Waals surface area contributed by atoms with Crippen molar-refractivity contribution in [2.45, 2.75) is 32.4 Å². The van der Waals surface area contributed by atoms with E-state index in [1.807, 2.05) is 0 Å². The van der Waals surface area contributed by atoms with Gasteiger partial charge in [0.25, 0.3) is 0 Å². The highest BCUT2D eigenvalue weighted by Gasteiger charge is 2.20. The van der Waals surface area contributed by atoms with E-state index < -0.39 is 0 Å². The Kier molecular flexibility index (Phi) is 4.47. The fourth-order valence-electron chi connectivity index (χ4n) is 2.05. The fraction of sp³-hybridized carbons (Fsp3) is 0.818. The van der Waals surface area contributed by atoms with Crippen molar-refractivity contribution in [3.05, 3.63) is 11.8 Å². The summed E-state index contributed by atoms with van der Waals surface area (Å²) >= 11 is 0. The zero-order valence-corrected chi connectivity index (χ0v) is 10.1. The monoisotopic (exact) mass is 241 g/mol. The van der Waals surface area contributed by atoms with E-state index in [2.05, 4.69) is 15.1 Å². The average Bonchev–Trinajstić information content (AvgIpc) is 2.74. The van der Waals surface area contributed by atoms with Crippen molar-refractivity contribution in [3.63, 3.8) is 0 Å². The number of nitrogens with zero attached hydrogens (tertiary/aromatic N) is 3. The van der Waals surface area contributed by atoms with E-state index in [-0.39, 0.29) is 12.7 Å². The highest BCUT2D eigenvalue weighted by atomic mass is 16.5. The molecule has 1 fully saturated rings. The first-order valence-corrected chi connectivity index (χ1v) is 6.01. The molecule has 0 bridgehead atoms. The lowest BCUT2D eigenvalue weighted by atomic mass is 10.1. The Morgan fingerprint density at radius 2 is 2.18 bits per heavy atom. The smallest absolute Gasteiger partial charge is 0.230 e. The van der Waals surface area contributed by atoms with Crippen LogP contribution in [0.5, 0.6) is 0 Å². The maximum Gasteiger partial charge on any atom is 0.230 e. The molecule has 0 aromatic carbocycles. The van der Waals surface area contributed by atoms with E-state index in [0.717, 1.165) is 25.9 Å². The predicted octanol–water partition coefficient (Wildman–Crippen LogP) is 0.351. The van der Waals surface area contributed by atoms with Crippen molar-refractivity contribution < 1.29 is 14.3 Å². The number of hydrogen-bond acceptors (Lipinski definition) is 6. The molecule has 1 aliphatic rings. The number of ether oxygens (including phenoxy) is 1. The van der Waals surface area contributed by atoms with E-state index in [1.165, 1.54) is 0 Å². The van der Waals surface area contributed by atoms with Crippen molar-refractivity contribution in [2.75, 3.05) is 26.3 Å². The summed E-state index contributed by atoms with van der Waals surface area (Å²) in [6, 6.07) is 0. The molecule has 0 spiro atoms. The van der Waals surface area contributed by atoms with E-state index in [0.29, 0.717) is 24.9 Å². The zero-order valence-electron chi connectivity index (χ0n) is 10.1. The van der Waals surface area contributed by atoms with Crippen molar-refractivity contribution in [2.24, 2.45) is 0 Å². The number of hydrogen-bond donors (Lipinski definition) is 1. The summed E-state index contributed by atoms with van der Waals surface area (Å²) in [5, 5.41) is 16.5. The van der Waals surface area contributed by atoms with Gasteiger partial charge in [-0.1, -0.05) is 0 Å². The Balaban J connectivity index is 1.72. The van der Waals surface area contributed by atoms with Crippen LogP contribution in [0.4, 0.5) is 0 Å². The van der Waals surface area contributed by atoms with Crippen molar-refractivity contribution >= 4 is 0 Å². The molecule has 2 rings (SSSR count). The van der Waals surface area contributed by atoms with Crippen LogP contribution < -0.4 is 0 Å². The molecule has 2 heterocycles. The molecule has 1 N–H and O–H groups in total. The molecule has 96 valence electrons. The molecule has 0 radical (unpaired) electrons. The summed E-state index contributed by atoms with van der Waals surface area (Å²) < 4.78 is 10.9. The Labute approximate surface area is 101 Å². The second kappa shape index (κ2) is 6.09. The van der Waals surface area contributed by atoms with Gasteiger partial charge in [-0.2, -0.15) is 0 Å². The van der Waals surface area contributed by atoms with Gasteiger partial charge >= 0.3 is 0 Å². The van der Waals surface area contributed by atoms with Crippen LogP contribution in [0.15, 0.2) is 4.42 Å². The summed E-state index contributed by atoms with van der Waals surface area (Å²) in [6.07, 6.45) is 2.27. The van der Waals surface area contributed by atoms with Crippen LogP contribution in [0.25, 0.3) is 0 Å². The molecule has 1 aliphatic heterocycles. The highest BCUT2D eigenvalue weighted by molar-refractivity contribution is 4.81. The lowest BCUT2D eigenvalue weighted by Gasteiger charge is -2.30. The molecular formula is C11H19N3O3. The van der Waals surface area contributed by atoms with Gasteiger partial charge in [0.1, 0.15) is 0 Å². The molecule has 1 aromatic rings. The van der Waals surface area contributed by atoms with Gasteiger partial charge in [0.05, 0.1) is 25.9 Å². The number of aromatic nitrogens is 2. The Morgan fingerprint density at radius 3 is 2.76 bits per heavy atom. The topological polar surface area (TPSA) is 71.6 Å². The molecule has 6 nitrogen and oxygen atoms in total. The number of aryl methyl sites for hydroxylation is 1. The Morgan fingerprint density at radius 1 is 1.41 bits per heavy atom. The molecule has 17 heavy (non-hydrogen) atoms. The van der Waals surface area contributed by atoms with Crippen LogP contribution in [0.2, 0.25) is 0 Å². The van der Waals surface area contributed by atoms with Crippen LogP contribution in [0.1, 0.15) is 24.6 Å². The molecule has 6 heteroatoms. The maximum atomic E-state index is 8.68. The van der Waals surface area contributed by atoms with Crippen molar-refractivity contribution in [1.82, 2.24) is 15.1 Å². The molecule has 0 saturated carbocycles. The standard InChI is InChI=1S/C11H19N3O3/c1-9-12-13-11(17-9)8-14-4-2-10(3-5-14)16-7-6-15/h10,15H,2-8H2,1H3. The van der Waals surface area contributed by atoms with E-state index >= 15 is 0 Å². The molecule has 0 aliphatic carbocycles. The largest absolute Gasteiger partial charge is 0.424 e. The van der Waals surface area contributed by atoms with Crippen LogP contribution in [0, 0.1) is 6.92 Å². The van der Waals surface area contributed by atoms with Gasteiger partial charge in [0, 0.05) is 20.0 Å². The number of rotatable bonds is 5. The second-order valence-electron chi connectivity index (χ2n) is 4.28. The van der Waals surface area contributed by atoms with Gasteiger partial charge in [-0.05, 0) is 12.8 Å². The summed E-state index contributed by atoms with van der Waals surface area (Å²) in [7, 11) is 0. The molecule has 0 amide bonds. The van der Waals surface area contributed by atoms with E-state index in [1.54, 1.807) is 6.92 Å². The first-order chi connectivity index (χ1) is 8.28. The number of piperidine rings is 1. The Hall–Kier alpha value is -0.980. The molecule has 1 saturated heterocycles. The minimum Gasteiger partial charge on any atom is -0.424 e. The zero-order chi connectivity index (χ0) is 12.1. The quantitative estimate of drug-likeness (QED) is 0.802. The SMILES string of the molecule is Cc1nnc(CN2CCC(OCCO)CC2)o1. The molecular weight excluding hydrogens is 222 g/mol. The van der Waals surface area contributed by atoms with Gasteiger partial charge in [-0.25, -0.2) is 0 Å². The second-order valence-corrected chi connectivity index (χ2v) is 4.28. The lowest BCUT2D eigenvalue weighted by molar-refractivity contribution is -0.0102. The van der Waals surface area contributed by atoms with E-state index in [9.17, 15) is 0 Å². The molecule has 0 atom stereocenters. The number of aliphatic hydroxyl groups excluding tert-OH is 1. The summed E-state index contributed by atoms with van der Waals surface area (Å²) in [5.74, 6) is 1.29. The van der Waals surface area contributed by atoms with Crippen molar-refractivity contribution in [3.8, 4) is 0 Å². The first kappa shape index (κ1) is 12.5. The number of aliphatic hydroxyl groups is 1. The van der Waals surface area contributed by atoms with Crippen LogP contribution in [-0.2, 0) is 11.3 Å².